The molecule has 0 bridgehead atoms. The predicted molar refractivity (Wildman–Crippen MR) is 139 cm³/mol. The Morgan fingerprint density at radius 1 is 0.762 bits per heavy atom. The molecule has 2 aromatic carbocycles. The number of aliphatic hydroxyl groups is 6. The zero-order valence-electron chi connectivity index (χ0n) is 21.9. The molecule has 42 heavy (non-hydrogen) atoms. The summed E-state index contributed by atoms with van der Waals surface area (Å²) in [5.74, 6) is -1.97. The highest BCUT2D eigenvalue weighted by atomic mass is 16.7. The maximum Gasteiger partial charge on any atom is 0.239 e. The Balaban J connectivity index is 1.46. The van der Waals surface area contributed by atoms with Gasteiger partial charge in [0.15, 0.2) is 12.1 Å². The summed E-state index contributed by atoms with van der Waals surface area (Å²) in [5, 5.41) is 91.4. The first-order chi connectivity index (χ1) is 19.9. The highest BCUT2D eigenvalue weighted by Gasteiger charge is 2.47. The topological polar surface area (TPSA) is 249 Å². The van der Waals surface area contributed by atoms with Gasteiger partial charge in [0.25, 0.3) is 0 Å². The minimum absolute atomic E-state index is 0.103. The molecule has 2 saturated heterocycles. The van der Waals surface area contributed by atoms with Crippen LogP contribution in [-0.2, 0) is 14.2 Å². The summed E-state index contributed by atoms with van der Waals surface area (Å²) < 4.78 is 28.0. The molecular weight excluding hydrogens is 564 g/mol. The Labute approximate surface area is 236 Å². The molecule has 2 fully saturated rings. The maximum atomic E-state index is 13.5. The van der Waals surface area contributed by atoms with E-state index in [1.165, 1.54) is 31.2 Å². The second kappa shape index (κ2) is 11.6. The Morgan fingerprint density at radius 3 is 2.10 bits per heavy atom. The molecule has 228 valence electrons. The fraction of sp³-hybridized carbons (Fsp3) is 0.444. The number of hydrogen-bond acceptors (Lipinski definition) is 15. The molecule has 0 radical (unpaired) electrons. The molecule has 0 saturated carbocycles. The van der Waals surface area contributed by atoms with E-state index in [4.69, 9.17) is 23.4 Å². The van der Waals surface area contributed by atoms with Gasteiger partial charge in [-0.1, -0.05) is 0 Å². The zero-order chi connectivity index (χ0) is 30.5. The molecule has 10 atom stereocenters. The number of benzene rings is 2. The van der Waals surface area contributed by atoms with E-state index in [2.05, 4.69) is 0 Å². The van der Waals surface area contributed by atoms with Gasteiger partial charge in [-0.25, -0.2) is 0 Å². The van der Waals surface area contributed by atoms with Crippen molar-refractivity contribution in [1.82, 2.24) is 0 Å². The molecule has 4 unspecified atom stereocenters. The first-order valence-electron chi connectivity index (χ1n) is 12.9. The van der Waals surface area contributed by atoms with Crippen LogP contribution in [0.25, 0.3) is 22.3 Å². The summed E-state index contributed by atoms with van der Waals surface area (Å²) in [6.07, 6.45) is -15.8. The average molecular weight is 595 g/mol. The summed E-state index contributed by atoms with van der Waals surface area (Å²) >= 11 is 0. The van der Waals surface area contributed by atoms with Crippen molar-refractivity contribution in [1.29, 1.82) is 0 Å². The number of fused-ring (bicyclic) bond motifs is 1. The monoisotopic (exact) mass is 594 g/mol. The largest absolute Gasteiger partial charge is 0.508 e. The lowest BCUT2D eigenvalue weighted by Crippen LogP contribution is -2.61. The van der Waals surface area contributed by atoms with Crippen LogP contribution in [0.15, 0.2) is 45.6 Å². The Kier molecular flexibility index (Phi) is 8.30. The van der Waals surface area contributed by atoms with Gasteiger partial charge in [0.1, 0.15) is 70.9 Å². The summed E-state index contributed by atoms with van der Waals surface area (Å²) in [7, 11) is 0. The van der Waals surface area contributed by atoms with Gasteiger partial charge >= 0.3 is 0 Å². The van der Waals surface area contributed by atoms with Crippen molar-refractivity contribution in [3.8, 4) is 34.3 Å². The number of rotatable bonds is 6. The van der Waals surface area contributed by atoms with Crippen LogP contribution in [0.5, 0.6) is 23.0 Å². The number of aromatic hydroxyl groups is 3. The summed E-state index contributed by atoms with van der Waals surface area (Å²) in [4.78, 5) is 13.5. The fourth-order valence-corrected chi connectivity index (χ4v) is 4.79. The lowest BCUT2D eigenvalue weighted by Gasteiger charge is -2.42. The van der Waals surface area contributed by atoms with Gasteiger partial charge < -0.3 is 69.3 Å². The van der Waals surface area contributed by atoms with E-state index >= 15 is 0 Å². The van der Waals surface area contributed by atoms with Crippen LogP contribution in [0.3, 0.4) is 0 Å². The lowest BCUT2D eigenvalue weighted by atomic mass is 9.98. The van der Waals surface area contributed by atoms with Crippen molar-refractivity contribution >= 4 is 11.0 Å². The van der Waals surface area contributed by atoms with Crippen LogP contribution in [0, 0.1) is 0 Å². The lowest BCUT2D eigenvalue weighted by molar-refractivity contribution is -0.318. The number of hydrogen-bond donors (Lipinski definition) is 9. The number of phenolic OH excluding ortho intramolecular Hbond substituents is 3. The molecule has 1 aromatic heterocycles. The van der Waals surface area contributed by atoms with Crippen LogP contribution in [-0.4, -0.2) is 114 Å². The van der Waals surface area contributed by atoms with E-state index in [9.17, 15) is 50.8 Å². The fourth-order valence-electron chi connectivity index (χ4n) is 4.79. The van der Waals surface area contributed by atoms with Gasteiger partial charge in [-0.3, -0.25) is 4.79 Å². The summed E-state index contributed by atoms with van der Waals surface area (Å²) in [5.41, 5.74) is -0.956. The Morgan fingerprint density at radius 2 is 1.40 bits per heavy atom. The van der Waals surface area contributed by atoms with Gasteiger partial charge in [0.05, 0.1) is 12.7 Å². The maximum absolute atomic E-state index is 13.5. The normalized spacial score (nSPS) is 33.5. The van der Waals surface area contributed by atoms with Gasteiger partial charge in [-0.2, -0.15) is 0 Å². The minimum Gasteiger partial charge on any atom is -0.508 e. The molecule has 3 aromatic rings. The van der Waals surface area contributed by atoms with Crippen LogP contribution < -0.4 is 10.2 Å². The highest BCUT2D eigenvalue weighted by molar-refractivity contribution is 5.88. The molecular formula is C27H30O15. The molecule has 15 heteroatoms. The van der Waals surface area contributed by atoms with Crippen molar-refractivity contribution in [2.75, 3.05) is 6.61 Å². The van der Waals surface area contributed by atoms with E-state index in [0.717, 1.165) is 12.1 Å². The Hall–Kier alpha value is -3.51. The number of aliphatic hydroxyl groups excluding tert-OH is 6. The second-order valence-electron chi connectivity index (χ2n) is 10.1. The smallest absolute Gasteiger partial charge is 0.239 e. The van der Waals surface area contributed by atoms with Crippen LogP contribution >= 0.6 is 0 Å². The van der Waals surface area contributed by atoms with Crippen molar-refractivity contribution < 1.29 is 69.3 Å². The molecule has 2 aliphatic heterocycles. The van der Waals surface area contributed by atoms with Crippen molar-refractivity contribution in [3.05, 3.63) is 46.6 Å². The third kappa shape index (κ3) is 5.49. The predicted octanol–water partition coefficient (Wildman–Crippen LogP) is -1.39. The molecule has 15 nitrogen and oxygen atoms in total. The molecule has 0 aliphatic carbocycles. The SMILES string of the molecule is CC1O[C@H](OCC2O[C@H](Oc3c(-c4ccc(O)cc4)oc4cc(O)cc(O)c4c3=O)C(O)[C@@H](O)[C@H]2O)C(O)[C@H](O)[C@@H]1O. The van der Waals surface area contributed by atoms with Crippen molar-refractivity contribution in [2.24, 2.45) is 0 Å². The number of phenols is 3. The quantitative estimate of drug-likeness (QED) is 0.159. The van der Waals surface area contributed by atoms with Crippen molar-refractivity contribution in [2.45, 2.75) is 68.3 Å². The number of ether oxygens (including phenoxy) is 4. The summed E-state index contributed by atoms with van der Waals surface area (Å²) in [6, 6.07) is 7.33. The molecule has 9 N–H and O–H groups in total. The van der Waals surface area contributed by atoms with Crippen LogP contribution in [0.1, 0.15) is 6.92 Å². The molecule has 0 spiro atoms. The molecule has 2 aliphatic rings. The molecule has 0 amide bonds. The van der Waals surface area contributed by atoms with Crippen LogP contribution in [0.2, 0.25) is 0 Å². The van der Waals surface area contributed by atoms with Gasteiger partial charge in [0, 0.05) is 17.7 Å². The second-order valence-corrected chi connectivity index (χ2v) is 10.1. The van der Waals surface area contributed by atoms with Gasteiger partial charge in [-0.05, 0) is 31.2 Å². The summed E-state index contributed by atoms with van der Waals surface area (Å²) in [6.45, 7) is 0.866. The van der Waals surface area contributed by atoms with E-state index in [1.54, 1.807) is 0 Å². The van der Waals surface area contributed by atoms with E-state index < -0.39 is 90.7 Å². The minimum atomic E-state index is -1.92. The van der Waals surface area contributed by atoms with Crippen LogP contribution in [0.4, 0.5) is 0 Å². The zero-order valence-corrected chi connectivity index (χ0v) is 21.9. The first kappa shape index (κ1) is 30.0. The standard InChI is InChI=1S/C27H30O15/c1-9-17(31)20(34)22(36)26(39-9)38-8-15-18(32)21(35)23(37)27(41-15)42-25-19(33)16-13(30)6-12(29)7-14(16)40-24(25)10-2-4-11(28)5-3-10/h2-7,9,15,17-18,20-23,26-32,34-37H,8H2,1H3/t9?,15?,17-,18+,20-,21+,22?,23?,26+,27-/m1/s1. The highest BCUT2D eigenvalue weighted by Crippen LogP contribution is 2.37. The van der Waals surface area contributed by atoms with Gasteiger partial charge in [0.2, 0.25) is 17.5 Å². The Bertz CT molecular complexity index is 1470. The third-order valence-electron chi connectivity index (χ3n) is 7.18. The molecule has 5 rings (SSSR count). The van der Waals surface area contributed by atoms with Gasteiger partial charge in [-0.15, -0.1) is 0 Å². The van der Waals surface area contributed by atoms with Crippen molar-refractivity contribution in [3.63, 3.8) is 0 Å². The van der Waals surface area contributed by atoms with E-state index in [-0.39, 0.29) is 28.0 Å². The average Bonchev–Trinajstić information content (AvgIpc) is 2.95. The molecule has 3 heterocycles. The first-order valence-corrected chi connectivity index (χ1v) is 12.9. The third-order valence-corrected chi connectivity index (χ3v) is 7.18. The van der Waals surface area contributed by atoms with E-state index in [0.29, 0.717) is 0 Å². The van der Waals surface area contributed by atoms with E-state index in [1.807, 2.05) is 0 Å².